The van der Waals surface area contributed by atoms with Gasteiger partial charge in [-0.1, -0.05) is 0 Å². The molecular formula is C17H17N3O2S2. The Labute approximate surface area is 145 Å². The largest absolute Gasteiger partial charge is 0.381 e. The van der Waals surface area contributed by atoms with Crippen molar-refractivity contribution in [3.05, 3.63) is 71.4 Å². The van der Waals surface area contributed by atoms with Crippen LogP contribution in [0.15, 0.2) is 65.1 Å². The number of aromatic nitrogens is 1. The van der Waals surface area contributed by atoms with Crippen molar-refractivity contribution in [2.75, 3.05) is 10.0 Å². The van der Waals surface area contributed by atoms with Gasteiger partial charge in [-0.3, -0.25) is 9.71 Å². The minimum atomic E-state index is -3.52. The molecule has 0 aliphatic rings. The molecule has 124 valence electrons. The first kappa shape index (κ1) is 16.5. The third kappa shape index (κ3) is 4.12. The summed E-state index contributed by atoms with van der Waals surface area (Å²) in [5.41, 5.74) is 2.58. The van der Waals surface area contributed by atoms with Gasteiger partial charge in [-0.2, -0.15) is 0 Å². The molecule has 2 N–H and O–H groups in total. The van der Waals surface area contributed by atoms with Crippen LogP contribution in [0, 0.1) is 6.92 Å². The highest BCUT2D eigenvalue weighted by atomic mass is 32.2. The van der Waals surface area contributed by atoms with Crippen molar-refractivity contribution >= 4 is 32.7 Å². The smallest absolute Gasteiger partial charge is 0.271 e. The Hall–Kier alpha value is -2.38. The molecule has 2 heterocycles. The second kappa shape index (κ2) is 7.02. The Morgan fingerprint density at radius 1 is 0.958 bits per heavy atom. The van der Waals surface area contributed by atoms with E-state index in [2.05, 4.69) is 15.0 Å². The molecule has 0 bridgehead atoms. The molecule has 0 aliphatic heterocycles. The van der Waals surface area contributed by atoms with Gasteiger partial charge in [-0.15, -0.1) is 11.3 Å². The summed E-state index contributed by atoms with van der Waals surface area (Å²) in [6.07, 6.45) is 3.50. The number of pyridine rings is 1. The van der Waals surface area contributed by atoms with Gasteiger partial charge in [0.05, 0.1) is 0 Å². The van der Waals surface area contributed by atoms with Crippen molar-refractivity contribution in [1.29, 1.82) is 0 Å². The normalized spacial score (nSPS) is 11.2. The number of sulfonamides is 1. The van der Waals surface area contributed by atoms with Crippen LogP contribution in [0.2, 0.25) is 0 Å². The lowest BCUT2D eigenvalue weighted by atomic mass is 10.2. The summed E-state index contributed by atoms with van der Waals surface area (Å²) in [5.74, 6) is 0. The zero-order valence-corrected chi connectivity index (χ0v) is 14.7. The molecule has 0 saturated heterocycles. The molecule has 5 nitrogen and oxygen atoms in total. The Kier molecular flexibility index (Phi) is 4.82. The van der Waals surface area contributed by atoms with E-state index in [9.17, 15) is 8.42 Å². The van der Waals surface area contributed by atoms with Gasteiger partial charge in [-0.25, -0.2) is 8.42 Å². The molecule has 0 aliphatic carbocycles. The van der Waals surface area contributed by atoms with E-state index in [0.29, 0.717) is 16.4 Å². The van der Waals surface area contributed by atoms with Gasteiger partial charge in [0.1, 0.15) is 4.21 Å². The average molecular weight is 359 g/mol. The van der Waals surface area contributed by atoms with Crippen LogP contribution < -0.4 is 10.0 Å². The molecule has 2 aromatic heterocycles. The SMILES string of the molecule is Cc1ccc(S(=O)(=O)Nc2ccc(NCc3ccncc3)cc2)s1. The Bertz CT molecular complexity index is 905. The standard InChI is InChI=1S/C17H17N3O2S2/c1-13-2-7-17(23-13)24(21,22)20-16-5-3-15(4-6-16)19-12-14-8-10-18-11-9-14/h2-11,19-20H,12H2,1H3. The number of nitrogens with one attached hydrogen (secondary N) is 2. The molecule has 0 amide bonds. The number of hydrogen-bond donors (Lipinski definition) is 2. The second-order valence-corrected chi connectivity index (χ2v) is 8.45. The molecular weight excluding hydrogens is 342 g/mol. The third-order valence-electron chi connectivity index (χ3n) is 3.36. The number of aryl methyl sites for hydroxylation is 1. The summed E-state index contributed by atoms with van der Waals surface area (Å²) >= 11 is 1.25. The van der Waals surface area contributed by atoms with Crippen LogP contribution in [-0.4, -0.2) is 13.4 Å². The molecule has 1 aromatic carbocycles. The first-order valence-corrected chi connectivity index (χ1v) is 9.65. The van der Waals surface area contributed by atoms with Crippen LogP contribution in [0.4, 0.5) is 11.4 Å². The highest BCUT2D eigenvalue weighted by Crippen LogP contribution is 2.24. The minimum Gasteiger partial charge on any atom is -0.381 e. The van der Waals surface area contributed by atoms with E-state index < -0.39 is 10.0 Å². The maximum absolute atomic E-state index is 12.3. The molecule has 3 rings (SSSR count). The van der Waals surface area contributed by atoms with Crippen molar-refractivity contribution in [2.24, 2.45) is 0 Å². The Balaban J connectivity index is 1.64. The summed E-state index contributed by atoms with van der Waals surface area (Å²) in [4.78, 5) is 4.94. The molecule has 0 radical (unpaired) electrons. The van der Waals surface area contributed by atoms with Gasteiger partial charge in [0.2, 0.25) is 0 Å². The first-order valence-electron chi connectivity index (χ1n) is 7.35. The van der Waals surface area contributed by atoms with Gasteiger partial charge >= 0.3 is 0 Å². The number of anilines is 2. The van der Waals surface area contributed by atoms with Crippen LogP contribution >= 0.6 is 11.3 Å². The fraction of sp³-hybridized carbons (Fsp3) is 0.118. The molecule has 7 heteroatoms. The van der Waals surface area contributed by atoms with E-state index in [1.165, 1.54) is 11.3 Å². The molecule has 0 atom stereocenters. The summed E-state index contributed by atoms with van der Waals surface area (Å²) in [6.45, 7) is 2.56. The van der Waals surface area contributed by atoms with Crippen LogP contribution in [0.1, 0.15) is 10.4 Å². The zero-order chi connectivity index (χ0) is 17.0. The lowest BCUT2D eigenvalue weighted by molar-refractivity contribution is 0.603. The monoisotopic (exact) mass is 359 g/mol. The quantitative estimate of drug-likeness (QED) is 0.701. The lowest BCUT2D eigenvalue weighted by Crippen LogP contribution is -2.11. The van der Waals surface area contributed by atoms with Crippen molar-refractivity contribution in [1.82, 2.24) is 4.98 Å². The maximum atomic E-state index is 12.3. The Morgan fingerprint density at radius 2 is 1.62 bits per heavy atom. The predicted octanol–water partition coefficient (Wildman–Crippen LogP) is 3.86. The van der Waals surface area contributed by atoms with E-state index in [0.717, 1.165) is 16.1 Å². The van der Waals surface area contributed by atoms with Gasteiger partial charge in [0.15, 0.2) is 0 Å². The van der Waals surface area contributed by atoms with Crippen LogP contribution in [0.3, 0.4) is 0 Å². The van der Waals surface area contributed by atoms with E-state index in [1.54, 1.807) is 36.7 Å². The van der Waals surface area contributed by atoms with Crippen molar-refractivity contribution < 1.29 is 8.42 Å². The molecule has 0 saturated carbocycles. The molecule has 0 spiro atoms. The van der Waals surface area contributed by atoms with E-state index in [4.69, 9.17) is 0 Å². The van der Waals surface area contributed by atoms with E-state index in [1.807, 2.05) is 31.2 Å². The van der Waals surface area contributed by atoms with Gasteiger partial charge in [0, 0.05) is 35.2 Å². The lowest BCUT2D eigenvalue weighted by Gasteiger charge is -2.09. The number of rotatable bonds is 6. The van der Waals surface area contributed by atoms with Crippen molar-refractivity contribution in [3.63, 3.8) is 0 Å². The maximum Gasteiger partial charge on any atom is 0.271 e. The molecule has 0 fully saturated rings. The summed E-state index contributed by atoms with van der Waals surface area (Å²) in [5, 5.41) is 3.28. The van der Waals surface area contributed by atoms with Gasteiger partial charge < -0.3 is 5.32 Å². The van der Waals surface area contributed by atoms with E-state index >= 15 is 0 Å². The topological polar surface area (TPSA) is 71.1 Å². The van der Waals surface area contributed by atoms with Crippen LogP contribution in [-0.2, 0) is 16.6 Å². The molecule has 24 heavy (non-hydrogen) atoms. The fourth-order valence-electron chi connectivity index (χ4n) is 2.12. The Morgan fingerprint density at radius 3 is 2.25 bits per heavy atom. The summed E-state index contributed by atoms with van der Waals surface area (Å²) in [7, 11) is -3.52. The van der Waals surface area contributed by atoms with Crippen LogP contribution in [0.25, 0.3) is 0 Å². The molecule has 3 aromatic rings. The van der Waals surface area contributed by atoms with Gasteiger partial charge in [-0.05, 0) is 61.0 Å². The zero-order valence-electron chi connectivity index (χ0n) is 13.1. The fourth-order valence-corrected chi connectivity index (χ4v) is 4.46. The molecule has 0 unspecified atom stereocenters. The van der Waals surface area contributed by atoms with Crippen LogP contribution in [0.5, 0.6) is 0 Å². The van der Waals surface area contributed by atoms with E-state index in [-0.39, 0.29) is 0 Å². The predicted molar refractivity (Wildman–Crippen MR) is 97.9 cm³/mol. The van der Waals surface area contributed by atoms with Crippen molar-refractivity contribution in [2.45, 2.75) is 17.7 Å². The average Bonchev–Trinajstić information content (AvgIpc) is 3.02. The first-order chi connectivity index (χ1) is 11.5. The van der Waals surface area contributed by atoms with Crippen molar-refractivity contribution in [3.8, 4) is 0 Å². The number of thiophene rings is 1. The number of hydrogen-bond acceptors (Lipinski definition) is 5. The summed E-state index contributed by atoms with van der Waals surface area (Å²) in [6, 6.07) is 14.5. The number of nitrogens with zero attached hydrogens (tertiary/aromatic N) is 1. The highest BCUT2D eigenvalue weighted by Gasteiger charge is 2.16. The highest BCUT2D eigenvalue weighted by molar-refractivity contribution is 7.94. The number of benzene rings is 1. The summed E-state index contributed by atoms with van der Waals surface area (Å²) < 4.78 is 27.5. The third-order valence-corrected chi connectivity index (χ3v) is 6.24. The minimum absolute atomic E-state index is 0.319. The van der Waals surface area contributed by atoms with Gasteiger partial charge in [0.25, 0.3) is 10.0 Å². The second-order valence-electron chi connectivity index (χ2n) is 5.26.